The summed E-state index contributed by atoms with van der Waals surface area (Å²) in [5, 5.41) is 70.7. The molecule has 1 heterocycles. The molecule has 81 heavy (non-hydrogen) atoms. The number of aliphatic hydroxyl groups is 3. The monoisotopic (exact) mass is 1150 g/mol. The van der Waals surface area contributed by atoms with Gasteiger partial charge in [-0.3, -0.25) is 57.9 Å². The maximum absolute atomic E-state index is 14.1. The Bertz CT molecular complexity index is 2310. The fraction of sp³-hybridized carbons (Fsp3) is 0.660. The predicted octanol–water partition coefficient (Wildman–Crippen LogP) is -8.21. The van der Waals surface area contributed by atoms with Gasteiger partial charge in [-0.25, -0.2) is 9.78 Å². The molecule has 10 atom stereocenters. The third kappa shape index (κ3) is 28.0. The van der Waals surface area contributed by atoms with Crippen LogP contribution in [0.25, 0.3) is 0 Å². The topological polar surface area (TPSA) is 581 Å². The normalized spacial score (nSPS) is 14.8. The van der Waals surface area contributed by atoms with Crippen molar-refractivity contribution >= 4 is 77.0 Å². The van der Waals surface area contributed by atoms with E-state index in [4.69, 9.17) is 33.8 Å². The number of hydrogen-bond donors (Lipinski definition) is 20. The highest BCUT2D eigenvalue weighted by atomic mass is 16.4. The molecule has 0 saturated carbocycles. The van der Waals surface area contributed by atoms with E-state index in [1.807, 2.05) is 0 Å². The van der Waals surface area contributed by atoms with Crippen LogP contribution in [0.5, 0.6) is 0 Å². The van der Waals surface area contributed by atoms with Crippen LogP contribution in [0.4, 0.5) is 0 Å². The summed E-state index contributed by atoms with van der Waals surface area (Å²) in [6.07, 6.45) is 1.48. The van der Waals surface area contributed by atoms with Gasteiger partial charge in [0.05, 0.1) is 32.2 Å². The van der Waals surface area contributed by atoms with Gasteiger partial charge in [0.15, 0.2) is 11.9 Å². The second-order valence-electron chi connectivity index (χ2n) is 19.6. The molecule has 0 radical (unpaired) electrons. The average molecular weight is 1160 g/mol. The van der Waals surface area contributed by atoms with Gasteiger partial charge in [-0.1, -0.05) is 27.7 Å². The Hall–Kier alpha value is -8.24. The van der Waals surface area contributed by atoms with E-state index in [1.54, 1.807) is 27.7 Å². The number of aromatic amines is 1. The lowest BCUT2D eigenvalue weighted by molar-refractivity contribution is -0.142. The summed E-state index contributed by atoms with van der Waals surface area (Å²) >= 11 is 0. The number of aliphatic imine (C=N–C) groups is 2. The minimum absolute atomic E-state index is 0.00731. The zero-order chi connectivity index (χ0) is 61.5. The van der Waals surface area contributed by atoms with E-state index in [0.717, 1.165) is 0 Å². The molecule has 0 unspecified atom stereocenters. The second-order valence-corrected chi connectivity index (χ2v) is 19.6. The lowest BCUT2D eigenvalue weighted by Gasteiger charge is -2.28. The standard InChI is InChI=1S/C47H82N18O16/c1-22(2)14-29(60-36(71)24(5)57-37(72)26(48)10-11-35(69)70)40(75)63-34(20-68)44(79)65-33(19-67)43(78)61-30(15-23(3)4)39(74)62-31(16-25-17-53-21-56-25)41(76)64-32(18-66)42(77)58-27(8-6-12-54-46(49)50)38(73)59-28(45(80)81)9-7-13-55-47(51)52/h17,21-24,26-34,66-68H,6-16,18-20,48H2,1-5H3,(H,53,56)(H,57,72)(H,58,77)(H,59,73)(H,60,71)(H,61,78)(H,62,74)(H,63,75)(H,64,76)(H,65,79)(H,69,70)(H,80,81)(H4,49,50,54)(H4,51,52,55)/t24-,26-,27-,28-,29-,30-,31-,32-,33-,34-/m0/s1. The zero-order valence-electron chi connectivity index (χ0n) is 45.9. The number of rotatable bonds is 39. The molecule has 1 aromatic heterocycles. The molecule has 0 aromatic carbocycles. The van der Waals surface area contributed by atoms with E-state index in [2.05, 4.69) is 67.8 Å². The van der Waals surface area contributed by atoms with E-state index in [1.165, 1.54) is 19.4 Å². The summed E-state index contributed by atoms with van der Waals surface area (Å²) in [5.74, 6) is -12.8. The summed E-state index contributed by atoms with van der Waals surface area (Å²) < 4.78 is 0. The molecule has 0 spiro atoms. The SMILES string of the molecule is CC(C)C[C@H](NC(=O)[C@H](C)NC(=O)[C@@H](N)CCC(=O)O)C(=O)N[C@@H](CO)C(=O)N[C@@H](CO)C(=O)N[C@@H](CC(C)C)C(=O)N[C@@H](Cc1cnc[nH]1)C(=O)N[C@@H](CO)C(=O)N[C@@H](CCCN=C(N)N)C(=O)N[C@@H](CCCN=C(N)N)C(=O)O. The van der Waals surface area contributed by atoms with Crippen molar-refractivity contribution in [2.24, 2.45) is 50.5 Å². The number of H-pyrrole nitrogens is 1. The number of amides is 9. The van der Waals surface area contributed by atoms with Crippen LogP contribution >= 0.6 is 0 Å². The van der Waals surface area contributed by atoms with Gasteiger partial charge in [0.25, 0.3) is 0 Å². The molecule has 0 aliphatic rings. The van der Waals surface area contributed by atoms with Gasteiger partial charge >= 0.3 is 11.9 Å². The van der Waals surface area contributed by atoms with Crippen molar-refractivity contribution in [1.82, 2.24) is 57.8 Å². The van der Waals surface area contributed by atoms with Crippen molar-refractivity contribution < 1.29 is 78.3 Å². The Morgan fingerprint density at radius 2 is 0.877 bits per heavy atom. The Morgan fingerprint density at radius 3 is 1.27 bits per heavy atom. The Kier molecular flexibility index (Phi) is 32.2. The molecule has 0 aliphatic heterocycles. The largest absolute Gasteiger partial charge is 0.481 e. The number of carboxylic acids is 2. The first-order valence-electron chi connectivity index (χ1n) is 25.9. The molecule has 1 rings (SSSR count). The summed E-state index contributed by atoms with van der Waals surface area (Å²) in [7, 11) is 0. The molecule has 0 bridgehead atoms. The van der Waals surface area contributed by atoms with Gasteiger partial charge in [0.1, 0.15) is 54.4 Å². The van der Waals surface area contributed by atoms with E-state index >= 15 is 0 Å². The third-order valence-corrected chi connectivity index (χ3v) is 11.6. The van der Waals surface area contributed by atoms with Crippen LogP contribution in [0, 0.1) is 11.8 Å². The minimum Gasteiger partial charge on any atom is -0.481 e. The van der Waals surface area contributed by atoms with Crippen LogP contribution in [0.2, 0.25) is 0 Å². The summed E-state index contributed by atoms with van der Waals surface area (Å²) in [6, 6.07) is -15.2. The predicted molar refractivity (Wildman–Crippen MR) is 288 cm³/mol. The van der Waals surface area contributed by atoms with Crippen LogP contribution in [0.3, 0.4) is 0 Å². The van der Waals surface area contributed by atoms with Crippen LogP contribution in [0.15, 0.2) is 22.5 Å². The van der Waals surface area contributed by atoms with Gasteiger partial charge in [0, 0.05) is 37.8 Å². The van der Waals surface area contributed by atoms with E-state index in [9.17, 15) is 73.2 Å². The lowest BCUT2D eigenvalue weighted by atomic mass is 10.0. The summed E-state index contributed by atoms with van der Waals surface area (Å²) in [6.45, 7) is 4.93. The number of carbonyl (C=O) groups excluding carboxylic acids is 9. The quantitative estimate of drug-likeness (QED) is 0.0165. The number of carboxylic acid groups (broad SMARTS) is 2. The number of nitrogens with zero attached hydrogens (tertiary/aromatic N) is 3. The van der Waals surface area contributed by atoms with Crippen LogP contribution < -0.4 is 76.5 Å². The fourth-order valence-electron chi connectivity index (χ4n) is 7.35. The van der Waals surface area contributed by atoms with Crippen LogP contribution in [0.1, 0.15) is 91.7 Å². The zero-order valence-corrected chi connectivity index (χ0v) is 45.9. The molecular formula is C47H82N18O16. The summed E-state index contributed by atoms with van der Waals surface area (Å²) in [5.41, 5.74) is 27.5. The van der Waals surface area contributed by atoms with E-state index < -0.39 is 152 Å². The number of hydrogen-bond acceptors (Lipinski definition) is 18. The van der Waals surface area contributed by atoms with Gasteiger partial charge in [0.2, 0.25) is 53.2 Å². The third-order valence-electron chi connectivity index (χ3n) is 11.6. The Labute approximate surface area is 466 Å². The molecule has 9 amide bonds. The maximum atomic E-state index is 14.1. The minimum atomic E-state index is -1.82. The first-order valence-corrected chi connectivity index (χ1v) is 25.9. The molecule has 0 fully saturated rings. The number of nitrogens with one attached hydrogen (secondary N) is 10. The van der Waals surface area contributed by atoms with Gasteiger partial charge in [-0.2, -0.15) is 0 Å². The molecular weight excluding hydrogens is 1070 g/mol. The molecule has 0 saturated heterocycles. The number of imidazole rings is 1. The highest BCUT2D eigenvalue weighted by Crippen LogP contribution is 2.11. The first-order chi connectivity index (χ1) is 38.0. The number of aliphatic hydroxyl groups excluding tert-OH is 3. The highest BCUT2D eigenvalue weighted by Gasteiger charge is 2.36. The number of aliphatic carboxylic acids is 2. The first kappa shape index (κ1) is 70.8. The molecule has 1 aromatic rings. The molecule has 456 valence electrons. The number of nitrogens with two attached hydrogens (primary N) is 5. The number of carbonyl (C=O) groups is 11. The maximum Gasteiger partial charge on any atom is 0.326 e. The van der Waals surface area contributed by atoms with Crippen molar-refractivity contribution in [3.63, 3.8) is 0 Å². The lowest BCUT2D eigenvalue weighted by Crippen LogP contribution is -2.62. The van der Waals surface area contributed by atoms with Crippen molar-refractivity contribution in [2.75, 3.05) is 32.9 Å². The fourth-order valence-corrected chi connectivity index (χ4v) is 7.35. The number of guanidine groups is 2. The molecule has 34 nitrogen and oxygen atoms in total. The summed E-state index contributed by atoms with van der Waals surface area (Å²) in [4.78, 5) is 159. The second kappa shape index (κ2) is 36.8. The molecule has 0 aliphatic carbocycles. The van der Waals surface area contributed by atoms with Gasteiger partial charge in [-0.05, 0) is 63.7 Å². The molecule has 34 heteroatoms. The van der Waals surface area contributed by atoms with Gasteiger partial charge in [-0.15, -0.1) is 0 Å². The van der Waals surface area contributed by atoms with E-state index in [0.29, 0.717) is 0 Å². The van der Waals surface area contributed by atoms with Crippen molar-refractivity contribution in [1.29, 1.82) is 0 Å². The van der Waals surface area contributed by atoms with Crippen molar-refractivity contribution in [3.8, 4) is 0 Å². The van der Waals surface area contributed by atoms with Crippen LogP contribution in [-0.4, -0.2) is 206 Å². The number of aromatic nitrogens is 2. The van der Waals surface area contributed by atoms with Gasteiger partial charge < -0.3 is 107 Å². The van der Waals surface area contributed by atoms with Crippen molar-refractivity contribution in [3.05, 3.63) is 18.2 Å². The van der Waals surface area contributed by atoms with E-state index in [-0.39, 0.29) is 93.9 Å². The van der Waals surface area contributed by atoms with Crippen molar-refractivity contribution in [2.45, 2.75) is 153 Å². The molecule has 25 N–H and O–H groups in total. The van der Waals surface area contributed by atoms with Crippen LogP contribution in [-0.2, 0) is 59.2 Å². The highest BCUT2D eigenvalue weighted by molar-refractivity contribution is 5.98. The Morgan fingerprint density at radius 1 is 0.506 bits per heavy atom. The average Bonchev–Trinajstić information content (AvgIpc) is 3.91. The Balaban J connectivity index is 3.32. The smallest absolute Gasteiger partial charge is 0.326 e.